The van der Waals surface area contributed by atoms with Crippen LogP contribution in [0.25, 0.3) is 0 Å². The van der Waals surface area contributed by atoms with E-state index in [1.54, 1.807) is 0 Å². The van der Waals surface area contributed by atoms with Crippen molar-refractivity contribution in [1.82, 2.24) is 0 Å². The highest BCUT2D eigenvalue weighted by molar-refractivity contribution is 5.99. The van der Waals surface area contributed by atoms with Gasteiger partial charge in [0.1, 0.15) is 0 Å². The molecule has 74 valence electrons. The van der Waals surface area contributed by atoms with Gasteiger partial charge in [0.25, 0.3) is 0 Å². The van der Waals surface area contributed by atoms with Crippen molar-refractivity contribution < 1.29 is 4.79 Å². The monoisotopic (exact) mass is 180 g/mol. The van der Waals surface area contributed by atoms with Crippen LogP contribution < -0.4 is 0 Å². The normalized spacial score (nSPS) is 21.4. The molecular formula is C12H20O. The van der Waals surface area contributed by atoms with Gasteiger partial charge < -0.3 is 0 Å². The number of ketones is 1. The van der Waals surface area contributed by atoms with Crippen LogP contribution in [0.3, 0.4) is 0 Å². The lowest BCUT2D eigenvalue weighted by Crippen LogP contribution is -2.10. The molecule has 0 aromatic rings. The molecule has 0 amide bonds. The topological polar surface area (TPSA) is 17.1 Å². The molecule has 1 aliphatic rings. The fourth-order valence-electron chi connectivity index (χ4n) is 2.42. The van der Waals surface area contributed by atoms with E-state index in [1.165, 1.54) is 5.57 Å². The molecule has 0 bridgehead atoms. The maximum absolute atomic E-state index is 11.7. The smallest absolute Gasteiger partial charge is 0.159 e. The fraction of sp³-hybridized carbons (Fsp3) is 0.750. The Balaban J connectivity index is 3.01. The van der Waals surface area contributed by atoms with Crippen LogP contribution in [0.4, 0.5) is 0 Å². The summed E-state index contributed by atoms with van der Waals surface area (Å²) in [4.78, 5) is 11.7. The van der Waals surface area contributed by atoms with Crippen molar-refractivity contribution in [3.05, 3.63) is 11.1 Å². The fourth-order valence-corrected chi connectivity index (χ4v) is 2.42. The molecule has 0 spiro atoms. The van der Waals surface area contributed by atoms with Gasteiger partial charge in [0.15, 0.2) is 5.78 Å². The van der Waals surface area contributed by atoms with Gasteiger partial charge in [0, 0.05) is 6.42 Å². The number of carbonyl (C=O) groups excluding carboxylic acids is 1. The maximum atomic E-state index is 11.7. The molecule has 13 heavy (non-hydrogen) atoms. The van der Waals surface area contributed by atoms with Crippen molar-refractivity contribution in [3.63, 3.8) is 0 Å². The minimum absolute atomic E-state index is 0.135. The average Bonchev–Trinajstić information content (AvgIpc) is 2.22. The van der Waals surface area contributed by atoms with Crippen LogP contribution in [0.15, 0.2) is 11.1 Å². The Kier molecular flexibility index (Phi) is 2.94. The van der Waals surface area contributed by atoms with Gasteiger partial charge in [-0.2, -0.15) is 0 Å². The molecule has 0 fully saturated rings. The molecule has 0 aromatic heterocycles. The zero-order chi connectivity index (χ0) is 10.1. The van der Waals surface area contributed by atoms with Crippen molar-refractivity contribution in [3.8, 4) is 0 Å². The van der Waals surface area contributed by atoms with Gasteiger partial charge in [-0.25, -0.2) is 0 Å². The lowest BCUT2D eigenvalue weighted by Gasteiger charge is -2.20. The third-order valence-electron chi connectivity index (χ3n) is 2.97. The second-order valence-electron chi connectivity index (χ2n) is 4.54. The number of carbonyl (C=O) groups is 1. The number of rotatable bonds is 3. The number of allylic oxidation sites excluding steroid dienone is 2. The van der Waals surface area contributed by atoms with Crippen LogP contribution in [-0.4, -0.2) is 5.78 Å². The summed E-state index contributed by atoms with van der Waals surface area (Å²) < 4.78 is 0. The number of Topliss-reactive ketones (excluding diaryl/α,β-unsaturated/α-hetero) is 1. The summed E-state index contributed by atoms with van der Waals surface area (Å²) in [6.07, 6.45) is 3.83. The molecule has 0 aromatic carbocycles. The Labute approximate surface area is 81.2 Å². The average molecular weight is 180 g/mol. The van der Waals surface area contributed by atoms with E-state index < -0.39 is 0 Å². The largest absolute Gasteiger partial charge is 0.295 e. The molecule has 1 aliphatic carbocycles. The third-order valence-corrected chi connectivity index (χ3v) is 2.97. The highest BCUT2D eigenvalue weighted by Gasteiger charge is 2.36. The van der Waals surface area contributed by atoms with Gasteiger partial charge in [-0.3, -0.25) is 4.79 Å². The molecule has 0 unspecified atom stereocenters. The van der Waals surface area contributed by atoms with Crippen LogP contribution >= 0.6 is 0 Å². The minimum atomic E-state index is 0.135. The van der Waals surface area contributed by atoms with Crippen LogP contribution in [-0.2, 0) is 4.79 Å². The third kappa shape index (κ3) is 1.84. The molecule has 0 heterocycles. The molecule has 0 saturated heterocycles. The van der Waals surface area contributed by atoms with E-state index in [0.717, 1.165) is 31.3 Å². The van der Waals surface area contributed by atoms with Gasteiger partial charge in [0.05, 0.1) is 0 Å². The van der Waals surface area contributed by atoms with Crippen molar-refractivity contribution in [2.24, 2.45) is 5.41 Å². The first kappa shape index (κ1) is 10.5. The van der Waals surface area contributed by atoms with Crippen molar-refractivity contribution >= 4 is 5.78 Å². The van der Waals surface area contributed by atoms with Gasteiger partial charge in [-0.1, -0.05) is 39.7 Å². The first-order valence-electron chi connectivity index (χ1n) is 5.28. The lowest BCUT2D eigenvalue weighted by molar-refractivity contribution is -0.116. The first-order chi connectivity index (χ1) is 6.03. The quantitative estimate of drug-likeness (QED) is 0.649. The zero-order valence-corrected chi connectivity index (χ0v) is 9.24. The van der Waals surface area contributed by atoms with Gasteiger partial charge in [-0.05, 0) is 23.8 Å². The summed E-state index contributed by atoms with van der Waals surface area (Å²) in [6.45, 7) is 8.67. The molecular weight excluding hydrogens is 160 g/mol. The summed E-state index contributed by atoms with van der Waals surface area (Å²) in [5.41, 5.74) is 2.67. The van der Waals surface area contributed by atoms with E-state index in [9.17, 15) is 4.79 Å². The second kappa shape index (κ2) is 3.65. The Morgan fingerprint density at radius 3 is 2.38 bits per heavy atom. The van der Waals surface area contributed by atoms with E-state index in [4.69, 9.17) is 0 Å². The molecule has 0 N–H and O–H groups in total. The van der Waals surface area contributed by atoms with E-state index >= 15 is 0 Å². The zero-order valence-electron chi connectivity index (χ0n) is 9.24. The molecule has 0 aliphatic heterocycles. The van der Waals surface area contributed by atoms with Crippen LogP contribution in [0.5, 0.6) is 0 Å². The summed E-state index contributed by atoms with van der Waals surface area (Å²) in [5, 5.41) is 0. The molecule has 1 rings (SSSR count). The van der Waals surface area contributed by atoms with E-state index in [0.29, 0.717) is 5.78 Å². The summed E-state index contributed by atoms with van der Waals surface area (Å²) in [6, 6.07) is 0. The SMILES string of the molecule is CCCC1=C(CC)C(C)(C)CC1=O. The Morgan fingerprint density at radius 2 is 1.92 bits per heavy atom. The second-order valence-corrected chi connectivity index (χ2v) is 4.54. The number of hydrogen-bond acceptors (Lipinski definition) is 1. The van der Waals surface area contributed by atoms with E-state index in [2.05, 4.69) is 27.7 Å². The Bertz CT molecular complexity index is 246. The molecule has 0 saturated carbocycles. The molecule has 1 nitrogen and oxygen atoms in total. The molecule has 0 atom stereocenters. The first-order valence-corrected chi connectivity index (χ1v) is 5.28. The van der Waals surface area contributed by atoms with Crippen molar-refractivity contribution in [2.45, 2.75) is 53.4 Å². The highest BCUT2D eigenvalue weighted by atomic mass is 16.1. The van der Waals surface area contributed by atoms with Gasteiger partial charge in [-0.15, -0.1) is 0 Å². The van der Waals surface area contributed by atoms with Crippen molar-refractivity contribution in [2.75, 3.05) is 0 Å². The standard InChI is InChI=1S/C12H20O/c1-5-7-9-10(6-2)12(3,4)8-11(9)13/h5-8H2,1-4H3. The van der Waals surface area contributed by atoms with Gasteiger partial charge in [0.2, 0.25) is 0 Å². The Morgan fingerprint density at radius 1 is 1.31 bits per heavy atom. The highest BCUT2D eigenvalue weighted by Crippen LogP contribution is 2.43. The van der Waals surface area contributed by atoms with Crippen LogP contribution in [0.2, 0.25) is 0 Å². The van der Waals surface area contributed by atoms with Crippen LogP contribution in [0, 0.1) is 5.41 Å². The predicted octanol–water partition coefficient (Wildman–Crippen LogP) is 3.49. The summed E-state index contributed by atoms with van der Waals surface area (Å²) in [5.74, 6) is 0.392. The van der Waals surface area contributed by atoms with E-state index in [1.807, 2.05) is 0 Å². The predicted molar refractivity (Wildman–Crippen MR) is 55.6 cm³/mol. The molecule has 1 heteroatoms. The van der Waals surface area contributed by atoms with Crippen molar-refractivity contribution in [1.29, 1.82) is 0 Å². The Hall–Kier alpha value is -0.590. The lowest BCUT2D eigenvalue weighted by atomic mass is 9.84. The van der Waals surface area contributed by atoms with E-state index in [-0.39, 0.29) is 5.41 Å². The van der Waals surface area contributed by atoms with Gasteiger partial charge >= 0.3 is 0 Å². The summed E-state index contributed by atoms with van der Waals surface area (Å²) >= 11 is 0. The maximum Gasteiger partial charge on any atom is 0.159 e. The minimum Gasteiger partial charge on any atom is -0.295 e. The summed E-state index contributed by atoms with van der Waals surface area (Å²) in [7, 11) is 0. The van der Waals surface area contributed by atoms with Crippen LogP contribution in [0.1, 0.15) is 53.4 Å². The molecule has 0 radical (unpaired) electrons. The number of hydrogen-bond donors (Lipinski definition) is 0.